The Labute approximate surface area is 172 Å². The average molecular weight is 417 g/mol. The number of morpholine rings is 1. The second kappa shape index (κ2) is 8.66. The molecule has 0 spiro atoms. The van der Waals surface area contributed by atoms with E-state index in [1.54, 1.807) is 34.1 Å². The third-order valence-corrected chi connectivity index (χ3v) is 5.00. The smallest absolute Gasteiger partial charge is 0.265 e. The van der Waals surface area contributed by atoms with E-state index in [1.807, 2.05) is 0 Å². The molecule has 2 heterocycles. The van der Waals surface area contributed by atoms with E-state index in [4.69, 9.17) is 9.47 Å². The van der Waals surface area contributed by atoms with Gasteiger partial charge in [0.05, 0.1) is 37.7 Å². The van der Waals surface area contributed by atoms with Gasteiger partial charge in [0, 0.05) is 19.2 Å². The first-order valence-electron chi connectivity index (χ1n) is 9.63. The number of benzene rings is 2. The summed E-state index contributed by atoms with van der Waals surface area (Å²) in [4.78, 5) is 28.8. The number of ether oxygens (including phenoxy) is 2. The number of carbonyl (C=O) groups is 2. The van der Waals surface area contributed by atoms with Crippen molar-refractivity contribution >= 4 is 23.2 Å². The maximum Gasteiger partial charge on any atom is 0.265 e. The lowest BCUT2D eigenvalue weighted by Crippen LogP contribution is -2.53. The van der Waals surface area contributed by atoms with Crippen LogP contribution in [0.2, 0.25) is 0 Å². The number of fused-ring (bicyclic) bond motifs is 1. The average Bonchev–Trinajstić information content (AvgIpc) is 2.75. The van der Waals surface area contributed by atoms with Crippen LogP contribution in [0.25, 0.3) is 0 Å². The molecule has 158 valence electrons. The molecule has 2 aliphatic rings. The summed E-state index contributed by atoms with van der Waals surface area (Å²) in [6.45, 7) is 1.99. The maximum atomic E-state index is 13.9. The zero-order valence-corrected chi connectivity index (χ0v) is 16.1. The van der Waals surface area contributed by atoms with Crippen LogP contribution in [-0.4, -0.2) is 62.2 Å². The van der Waals surface area contributed by atoms with Gasteiger partial charge in [-0.1, -0.05) is 12.1 Å². The van der Waals surface area contributed by atoms with Crippen molar-refractivity contribution in [2.24, 2.45) is 0 Å². The molecule has 0 aliphatic carbocycles. The van der Waals surface area contributed by atoms with Crippen molar-refractivity contribution in [3.8, 4) is 5.75 Å². The molecule has 2 amide bonds. The zero-order chi connectivity index (χ0) is 21.1. The van der Waals surface area contributed by atoms with Crippen LogP contribution in [0, 0.1) is 11.6 Å². The lowest BCUT2D eigenvalue weighted by atomic mass is 10.1. The molecule has 1 atom stereocenters. The van der Waals surface area contributed by atoms with Gasteiger partial charge in [0.1, 0.15) is 17.4 Å². The van der Waals surface area contributed by atoms with Gasteiger partial charge in [-0.15, -0.1) is 0 Å². The minimum Gasteiger partial charge on any atom is -0.477 e. The van der Waals surface area contributed by atoms with Crippen molar-refractivity contribution in [3.05, 3.63) is 54.1 Å². The summed E-state index contributed by atoms with van der Waals surface area (Å²) in [6.07, 6.45) is -0.770. The number of nitrogens with zero attached hydrogens (tertiary/aromatic N) is 2. The van der Waals surface area contributed by atoms with E-state index in [1.165, 1.54) is 6.07 Å². The van der Waals surface area contributed by atoms with E-state index >= 15 is 0 Å². The molecule has 2 aromatic rings. The van der Waals surface area contributed by atoms with Gasteiger partial charge in [-0.05, 0) is 24.3 Å². The van der Waals surface area contributed by atoms with E-state index in [2.05, 4.69) is 5.32 Å². The van der Waals surface area contributed by atoms with Crippen LogP contribution < -0.4 is 15.0 Å². The number of rotatable bonds is 4. The van der Waals surface area contributed by atoms with Gasteiger partial charge in [-0.2, -0.15) is 0 Å². The van der Waals surface area contributed by atoms with Gasteiger partial charge >= 0.3 is 0 Å². The van der Waals surface area contributed by atoms with Crippen molar-refractivity contribution in [2.75, 3.05) is 49.6 Å². The Morgan fingerprint density at radius 2 is 1.87 bits per heavy atom. The highest BCUT2D eigenvalue weighted by molar-refractivity contribution is 5.95. The summed E-state index contributed by atoms with van der Waals surface area (Å²) in [5.74, 6) is -1.74. The molecule has 0 aromatic heterocycles. The van der Waals surface area contributed by atoms with Crippen LogP contribution >= 0.6 is 0 Å². The lowest BCUT2D eigenvalue weighted by Gasteiger charge is -2.38. The molecule has 1 saturated heterocycles. The molecule has 0 unspecified atom stereocenters. The van der Waals surface area contributed by atoms with Crippen LogP contribution in [-0.2, 0) is 14.3 Å². The number of hydrogen-bond donors (Lipinski definition) is 1. The summed E-state index contributed by atoms with van der Waals surface area (Å²) in [5.41, 5.74) is 0.558. The Morgan fingerprint density at radius 1 is 1.10 bits per heavy atom. The summed E-state index contributed by atoms with van der Waals surface area (Å²) in [5, 5.41) is 2.45. The molecule has 30 heavy (non-hydrogen) atoms. The normalized spacial score (nSPS) is 18.4. The summed E-state index contributed by atoms with van der Waals surface area (Å²) < 4.78 is 38.1. The van der Waals surface area contributed by atoms with E-state index in [0.29, 0.717) is 43.8 Å². The zero-order valence-electron chi connectivity index (χ0n) is 16.1. The summed E-state index contributed by atoms with van der Waals surface area (Å²) in [6, 6.07) is 10.1. The van der Waals surface area contributed by atoms with E-state index in [-0.39, 0.29) is 24.7 Å². The Hall–Kier alpha value is -3.20. The predicted molar refractivity (Wildman–Crippen MR) is 105 cm³/mol. The number of halogens is 2. The van der Waals surface area contributed by atoms with Gasteiger partial charge in [0.15, 0.2) is 6.10 Å². The highest BCUT2D eigenvalue weighted by Gasteiger charge is 2.34. The first-order valence-corrected chi connectivity index (χ1v) is 9.63. The predicted octanol–water partition coefficient (Wildman–Crippen LogP) is 2.03. The summed E-state index contributed by atoms with van der Waals surface area (Å²) in [7, 11) is 0. The number of carbonyl (C=O) groups excluding carboxylic acids is 2. The van der Waals surface area contributed by atoms with Gasteiger partial charge < -0.3 is 24.6 Å². The Kier molecular flexibility index (Phi) is 5.80. The lowest BCUT2D eigenvalue weighted by molar-refractivity contribution is -0.142. The molecule has 0 saturated carbocycles. The number of nitrogens with one attached hydrogen (secondary N) is 1. The van der Waals surface area contributed by atoms with Crippen molar-refractivity contribution in [3.63, 3.8) is 0 Å². The van der Waals surface area contributed by atoms with Crippen LogP contribution in [0.5, 0.6) is 5.75 Å². The third kappa shape index (κ3) is 4.35. The standard InChI is InChI=1S/C21H21F2N3O4/c22-14-5-6-16(15(23)11-14)24-20(27)13-26-12-19(21(28)25-7-9-29-10-8-25)30-18-4-2-1-3-17(18)26/h1-6,11,19H,7-10,12-13H2,(H,24,27)/t19-/m1/s1. The van der Waals surface area contributed by atoms with Crippen molar-refractivity contribution in [1.29, 1.82) is 0 Å². The minimum absolute atomic E-state index is 0.108. The minimum atomic E-state index is -0.855. The number of hydrogen-bond acceptors (Lipinski definition) is 5. The number of anilines is 2. The van der Waals surface area contributed by atoms with Gasteiger partial charge in [0.2, 0.25) is 5.91 Å². The molecular formula is C21H21F2N3O4. The number of amides is 2. The molecule has 2 aliphatic heterocycles. The van der Waals surface area contributed by atoms with Gasteiger partial charge in [0.25, 0.3) is 5.91 Å². The quantitative estimate of drug-likeness (QED) is 0.825. The van der Waals surface area contributed by atoms with Crippen molar-refractivity contribution in [2.45, 2.75) is 6.10 Å². The molecule has 4 rings (SSSR count). The van der Waals surface area contributed by atoms with Crippen LogP contribution in [0.4, 0.5) is 20.2 Å². The first kappa shape index (κ1) is 20.1. The fourth-order valence-electron chi connectivity index (χ4n) is 3.53. The molecule has 1 N–H and O–H groups in total. The Morgan fingerprint density at radius 3 is 2.63 bits per heavy atom. The topological polar surface area (TPSA) is 71.1 Å². The first-order chi connectivity index (χ1) is 14.5. The van der Waals surface area contributed by atoms with Crippen LogP contribution in [0.1, 0.15) is 0 Å². The molecule has 2 aromatic carbocycles. The van der Waals surface area contributed by atoms with Crippen LogP contribution in [0.3, 0.4) is 0 Å². The fraction of sp³-hybridized carbons (Fsp3) is 0.333. The molecule has 7 nitrogen and oxygen atoms in total. The highest BCUT2D eigenvalue weighted by Crippen LogP contribution is 2.33. The Balaban J connectivity index is 1.49. The molecule has 1 fully saturated rings. The van der Waals surface area contributed by atoms with Crippen LogP contribution in [0.15, 0.2) is 42.5 Å². The highest BCUT2D eigenvalue weighted by atomic mass is 19.1. The molecular weight excluding hydrogens is 396 g/mol. The largest absolute Gasteiger partial charge is 0.477 e. The third-order valence-electron chi connectivity index (χ3n) is 5.00. The van der Waals surface area contributed by atoms with Gasteiger partial charge in [-0.25, -0.2) is 8.78 Å². The molecule has 9 heteroatoms. The van der Waals surface area contributed by atoms with Crippen molar-refractivity contribution < 1.29 is 27.8 Å². The maximum absolute atomic E-state index is 13.9. The van der Waals surface area contributed by atoms with Crippen molar-refractivity contribution in [1.82, 2.24) is 4.90 Å². The molecule has 0 bridgehead atoms. The molecule has 0 radical (unpaired) electrons. The van der Waals surface area contributed by atoms with E-state index < -0.39 is 23.6 Å². The van der Waals surface area contributed by atoms with E-state index in [9.17, 15) is 18.4 Å². The van der Waals surface area contributed by atoms with E-state index in [0.717, 1.165) is 6.07 Å². The second-order valence-electron chi connectivity index (χ2n) is 7.06. The SMILES string of the molecule is O=C(CN1C[C@H](C(=O)N2CCOCC2)Oc2ccccc21)Nc1ccc(F)cc1F. The fourth-order valence-corrected chi connectivity index (χ4v) is 3.53. The van der Waals surface area contributed by atoms with Gasteiger partial charge in [-0.3, -0.25) is 9.59 Å². The Bertz CT molecular complexity index is 950. The summed E-state index contributed by atoms with van der Waals surface area (Å²) >= 11 is 0. The number of para-hydroxylation sites is 2. The second-order valence-corrected chi connectivity index (χ2v) is 7.06. The monoisotopic (exact) mass is 417 g/mol.